The van der Waals surface area contributed by atoms with Gasteiger partial charge >= 0.3 is 5.97 Å². The Bertz CT molecular complexity index is 869. The van der Waals surface area contributed by atoms with E-state index >= 15 is 0 Å². The van der Waals surface area contributed by atoms with E-state index in [1.165, 1.54) is 119 Å². The molecule has 0 fully saturated rings. The normalized spacial score (nSPS) is 12.1. The van der Waals surface area contributed by atoms with Gasteiger partial charge in [-0.2, -0.15) is 0 Å². The predicted octanol–water partition coefficient (Wildman–Crippen LogP) is 10.8. The molecule has 0 aliphatic rings. The molecule has 0 aliphatic heterocycles. The molecule has 36 heavy (non-hydrogen) atoms. The highest BCUT2D eigenvalue weighted by molar-refractivity contribution is 5.89. The van der Waals surface area contributed by atoms with E-state index in [1.807, 2.05) is 19.1 Å². The summed E-state index contributed by atoms with van der Waals surface area (Å²) < 4.78 is 0. The van der Waals surface area contributed by atoms with Gasteiger partial charge in [0.05, 0.1) is 5.56 Å². The highest BCUT2D eigenvalue weighted by atomic mass is 16.4. The quantitative estimate of drug-likeness (QED) is 0.187. The first kappa shape index (κ1) is 30.1. The van der Waals surface area contributed by atoms with Gasteiger partial charge in [-0.05, 0) is 53.6 Å². The summed E-state index contributed by atoms with van der Waals surface area (Å²) >= 11 is 0. The fourth-order valence-electron chi connectivity index (χ4n) is 5.50. The molecule has 2 heteroatoms. The van der Waals surface area contributed by atoms with Crippen molar-refractivity contribution in [1.29, 1.82) is 0 Å². The maximum atomic E-state index is 11.4. The monoisotopic (exact) mass is 492 g/mol. The summed E-state index contributed by atoms with van der Waals surface area (Å²) in [6, 6.07) is 14.3. The zero-order valence-corrected chi connectivity index (χ0v) is 23.5. The number of carboxylic acid groups (broad SMARTS) is 1. The molecule has 0 saturated heterocycles. The highest BCUT2D eigenvalue weighted by Crippen LogP contribution is 2.31. The van der Waals surface area contributed by atoms with Crippen LogP contribution in [0.15, 0.2) is 42.5 Å². The maximum Gasteiger partial charge on any atom is 0.335 e. The van der Waals surface area contributed by atoms with Crippen LogP contribution in [0.25, 0.3) is 11.1 Å². The lowest BCUT2D eigenvalue weighted by atomic mass is 9.85. The standard InChI is InChI=1S/C34H52O2/c1-4-6-8-10-12-13-15-17-21-29(20-16-14-11-9-7-5-2)27-30-22-18-19-23-33(30)32-25-24-31(34(35)36)26-28(32)3/h18-19,22-26,29H,4-17,20-21,27H2,1-3H3,(H,35,36). The number of hydrogen-bond acceptors (Lipinski definition) is 1. The van der Waals surface area contributed by atoms with Gasteiger partial charge in [-0.1, -0.05) is 147 Å². The van der Waals surface area contributed by atoms with Crippen LogP contribution in [-0.2, 0) is 6.42 Å². The molecule has 1 N–H and O–H groups in total. The first-order valence-electron chi connectivity index (χ1n) is 15.0. The van der Waals surface area contributed by atoms with Gasteiger partial charge < -0.3 is 5.11 Å². The molecule has 2 aromatic rings. The van der Waals surface area contributed by atoms with Crippen molar-refractivity contribution < 1.29 is 9.90 Å². The van der Waals surface area contributed by atoms with E-state index in [4.69, 9.17) is 0 Å². The van der Waals surface area contributed by atoms with E-state index in [-0.39, 0.29) is 0 Å². The minimum absolute atomic E-state index is 0.365. The molecule has 0 bridgehead atoms. The van der Waals surface area contributed by atoms with Crippen LogP contribution in [0, 0.1) is 12.8 Å². The van der Waals surface area contributed by atoms with E-state index in [0.717, 1.165) is 17.9 Å². The molecule has 0 saturated carbocycles. The molecular weight excluding hydrogens is 440 g/mol. The van der Waals surface area contributed by atoms with Crippen LogP contribution < -0.4 is 0 Å². The number of rotatable bonds is 20. The SMILES string of the molecule is CCCCCCCCCCC(CCCCCCCC)Cc1ccccc1-c1ccc(C(=O)O)cc1C. The van der Waals surface area contributed by atoms with Gasteiger partial charge in [0.25, 0.3) is 0 Å². The molecule has 2 aromatic carbocycles. The Balaban J connectivity index is 2.01. The lowest BCUT2D eigenvalue weighted by molar-refractivity contribution is 0.0697. The van der Waals surface area contributed by atoms with Gasteiger partial charge in [0.15, 0.2) is 0 Å². The van der Waals surface area contributed by atoms with Crippen LogP contribution in [0.5, 0.6) is 0 Å². The molecule has 1 unspecified atom stereocenters. The summed E-state index contributed by atoms with van der Waals surface area (Å²) in [5.74, 6) is -0.127. The maximum absolute atomic E-state index is 11.4. The average Bonchev–Trinajstić information content (AvgIpc) is 2.87. The number of unbranched alkanes of at least 4 members (excludes halogenated alkanes) is 12. The molecule has 0 amide bonds. The van der Waals surface area contributed by atoms with E-state index in [1.54, 1.807) is 6.07 Å². The molecule has 0 radical (unpaired) electrons. The van der Waals surface area contributed by atoms with Crippen LogP contribution in [0.1, 0.15) is 138 Å². The summed E-state index contributed by atoms with van der Waals surface area (Å²) in [6.45, 7) is 6.61. The third-order valence-electron chi connectivity index (χ3n) is 7.72. The minimum Gasteiger partial charge on any atom is -0.478 e. The van der Waals surface area contributed by atoms with Crippen molar-refractivity contribution in [3.63, 3.8) is 0 Å². The number of carboxylic acids is 1. The largest absolute Gasteiger partial charge is 0.478 e. The lowest BCUT2D eigenvalue weighted by Gasteiger charge is -2.20. The third-order valence-corrected chi connectivity index (χ3v) is 7.72. The number of carbonyl (C=O) groups is 1. The van der Waals surface area contributed by atoms with Gasteiger partial charge in [0.1, 0.15) is 0 Å². The second-order valence-corrected chi connectivity index (χ2v) is 10.9. The zero-order chi connectivity index (χ0) is 26.0. The Hall–Kier alpha value is -2.09. The van der Waals surface area contributed by atoms with E-state index in [9.17, 15) is 9.90 Å². The molecule has 0 spiro atoms. The first-order chi connectivity index (χ1) is 17.6. The van der Waals surface area contributed by atoms with Crippen molar-refractivity contribution in [2.45, 2.75) is 130 Å². The molecule has 2 rings (SSSR count). The van der Waals surface area contributed by atoms with Crippen LogP contribution in [0.2, 0.25) is 0 Å². The molecule has 200 valence electrons. The van der Waals surface area contributed by atoms with Gasteiger partial charge in [0.2, 0.25) is 0 Å². The Kier molecular flexibility index (Phi) is 15.2. The molecule has 2 nitrogen and oxygen atoms in total. The first-order valence-corrected chi connectivity index (χ1v) is 15.0. The van der Waals surface area contributed by atoms with E-state index in [0.29, 0.717) is 5.56 Å². The van der Waals surface area contributed by atoms with Gasteiger partial charge in [-0.15, -0.1) is 0 Å². The van der Waals surface area contributed by atoms with Crippen LogP contribution in [-0.4, -0.2) is 11.1 Å². The van der Waals surface area contributed by atoms with Crippen LogP contribution in [0.4, 0.5) is 0 Å². The molecule has 1 atom stereocenters. The Morgan fingerprint density at radius 3 is 1.75 bits per heavy atom. The Morgan fingerprint density at radius 1 is 0.694 bits per heavy atom. The van der Waals surface area contributed by atoms with Crippen molar-refractivity contribution >= 4 is 5.97 Å². The number of hydrogen-bond donors (Lipinski definition) is 1. The van der Waals surface area contributed by atoms with Gasteiger partial charge in [0, 0.05) is 0 Å². The summed E-state index contributed by atoms with van der Waals surface area (Å²) in [5.41, 5.74) is 5.26. The number of aromatic carboxylic acids is 1. The van der Waals surface area contributed by atoms with Crippen molar-refractivity contribution in [3.05, 3.63) is 59.2 Å². The fraction of sp³-hybridized carbons (Fsp3) is 0.618. The average molecular weight is 493 g/mol. The van der Waals surface area contributed by atoms with Gasteiger partial charge in [-0.3, -0.25) is 0 Å². The van der Waals surface area contributed by atoms with Gasteiger partial charge in [-0.25, -0.2) is 4.79 Å². The summed E-state index contributed by atoms with van der Waals surface area (Å²) in [7, 11) is 0. The number of benzene rings is 2. The third kappa shape index (κ3) is 11.3. The number of aryl methyl sites for hydroxylation is 1. The minimum atomic E-state index is -0.859. The lowest BCUT2D eigenvalue weighted by Crippen LogP contribution is -2.07. The molecular formula is C34H52O2. The Labute approximate surface area is 221 Å². The van der Waals surface area contributed by atoms with Crippen molar-refractivity contribution in [1.82, 2.24) is 0 Å². The zero-order valence-electron chi connectivity index (χ0n) is 23.5. The second-order valence-electron chi connectivity index (χ2n) is 10.9. The topological polar surface area (TPSA) is 37.3 Å². The predicted molar refractivity (Wildman–Crippen MR) is 156 cm³/mol. The summed E-state index contributed by atoms with van der Waals surface area (Å²) in [5, 5.41) is 9.37. The summed E-state index contributed by atoms with van der Waals surface area (Å²) in [6.07, 6.45) is 23.0. The smallest absolute Gasteiger partial charge is 0.335 e. The van der Waals surface area contributed by atoms with Crippen molar-refractivity contribution in [3.8, 4) is 11.1 Å². The molecule has 0 heterocycles. The Morgan fingerprint density at radius 2 is 1.22 bits per heavy atom. The second kappa shape index (κ2) is 18.2. The van der Waals surface area contributed by atoms with E-state index in [2.05, 4.69) is 38.1 Å². The van der Waals surface area contributed by atoms with Crippen LogP contribution in [0.3, 0.4) is 0 Å². The molecule has 0 aromatic heterocycles. The summed E-state index contributed by atoms with van der Waals surface area (Å²) in [4.78, 5) is 11.4. The van der Waals surface area contributed by atoms with E-state index < -0.39 is 5.97 Å². The van der Waals surface area contributed by atoms with Crippen molar-refractivity contribution in [2.75, 3.05) is 0 Å². The molecule has 0 aliphatic carbocycles. The van der Waals surface area contributed by atoms with Crippen molar-refractivity contribution in [2.24, 2.45) is 5.92 Å². The van der Waals surface area contributed by atoms with Crippen LogP contribution >= 0.6 is 0 Å². The highest BCUT2D eigenvalue weighted by Gasteiger charge is 2.15. The fourth-order valence-corrected chi connectivity index (χ4v) is 5.50.